The first-order valence-electron chi connectivity index (χ1n) is 10.3. The fourth-order valence-electron chi connectivity index (χ4n) is 3.06. The first-order valence-corrected chi connectivity index (χ1v) is 11.6. The van der Waals surface area contributed by atoms with Crippen LogP contribution in [0.25, 0.3) is 0 Å². The van der Waals surface area contributed by atoms with E-state index in [-0.39, 0.29) is 0 Å². The summed E-state index contributed by atoms with van der Waals surface area (Å²) in [6.45, 7) is 33.4. The van der Waals surface area contributed by atoms with Crippen molar-refractivity contribution in [2.75, 3.05) is 52.4 Å². The topological polar surface area (TPSA) is 80.3 Å². The molecule has 0 atom stereocenters. The molecular formula is C22H44N2O4S. The van der Waals surface area contributed by atoms with E-state index in [1.54, 1.807) is 0 Å². The Kier molecular flexibility index (Phi) is 21.0. The number of rotatable bonds is 14. The summed E-state index contributed by atoms with van der Waals surface area (Å²) in [6.07, 6.45) is 10.3. The van der Waals surface area contributed by atoms with E-state index in [9.17, 15) is 0 Å². The van der Waals surface area contributed by atoms with Gasteiger partial charge in [-0.3, -0.25) is 8.42 Å². The van der Waals surface area contributed by atoms with E-state index in [0.29, 0.717) is 0 Å². The fourth-order valence-corrected chi connectivity index (χ4v) is 3.06. The molecule has 0 amide bonds. The highest BCUT2D eigenvalue weighted by Gasteiger charge is 2.20. The molecule has 0 aliphatic heterocycles. The van der Waals surface area contributed by atoms with Crippen LogP contribution in [-0.4, -0.2) is 78.8 Å². The smallest absolute Gasteiger partial charge is 0.0971 e. The molecule has 0 rings (SSSR count). The van der Waals surface area contributed by atoms with Crippen molar-refractivity contribution in [2.45, 2.75) is 40.5 Å². The van der Waals surface area contributed by atoms with Crippen LogP contribution in [0.15, 0.2) is 50.6 Å². The summed E-state index contributed by atoms with van der Waals surface area (Å²) in [4.78, 5) is 0. The van der Waals surface area contributed by atoms with Crippen LogP contribution < -0.4 is 0 Å². The summed E-state index contributed by atoms with van der Waals surface area (Å²) >= 11 is 0. The van der Waals surface area contributed by atoms with Gasteiger partial charge in [0.2, 0.25) is 0 Å². The van der Waals surface area contributed by atoms with Gasteiger partial charge in [0.1, 0.15) is 0 Å². The number of hydrogen-bond donors (Lipinski definition) is 0. The Morgan fingerprint density at radius 1 is 0.655 bits per heavy atom. The second-order valence-electron chi connectivity index (χ2n) is 6.90. The monoisotopic (exact) mass is 432 g/mol. The third kappa shape index (κ3) is 19.8. The first kappa shape index (κ1) is 32.4. The maximum Gasteiger partial charge on any atom is 0.0971 e. The first-order chi connectivity index (χ1) is 13.5. The minimum Gasteiger partial charge on any atom is -0.759 e. The highest BCUT2D eigenvalue weighted by atomic mass is 32.3. The predicted molar refractivity (Wildman–Crippen MR) is 123 cm³/mol. The summed E-state index contributed by atoms with van der Waals surface area (Å²) in [7, 11) is -5.17. The van der Waals surface area contributed by atoms with Gasteiger partial charge >= 0.3 is 0 Å². The van der Waals surface area contributed by atoms with E-state index in [2.05, 4.69) is 54.0 Å². The lowest BCUT2D eigenvalue weighted by Crippen LogP contribution is -2.48. The van der Waals surface area contributed by atoms with Crippen LogP contribution in [0.3, 0.4) is 0 Å². The molecule has 0 heterocycles. The highest BCUT2D eigenvalue weighted by molar-refractivity contribution is 7.79. The summed E-state index contributed by atoms with van der Waals surface area (Å²) in [5, 5.41) is 0. The van der Waals surface area contributed by atoms with Gasteiger partial charge in [-0.1, -0.05) is 25.3 Å². The van der Waals surface area contributed by atoms with Crippen molar-refractivity contribution < 1.29 is 26.5 Å². The quantitative estimate of drug-likeness (QED) is 0.181. The lowest BCUT2D eigenvalue weighted by Gasteiger charge is -2.35. The molecule has 0 spiro atoms. The molecular weight excluding hydrogens is 388 g/mol. The fraction of sp³-hybridized carbons (Fsp3) is 0.636. The minimum absolute atomic E-state index is 1.08. The lowest BCUT2D eigenvalue weighted by atomic mass is 10.2. The van der Waals surface area contributed by atoms with E-state index in [0.717, 1.165) is 34.9 Å². The molecule has 0 N–H and O–H groups in total. The van der Waals surface area contributed by atoms with Gasteiger partial charge in [-0.25, -0.2) is 0 Å². The third-order valence-electron chi connectivity index (χ3n) is 5.33. The van der Waals surface area contributed by atoms with Crippen LogP contribution in [0.1, 0.15) is 40.5 Å². The molecule has 29 heavy (non-hydrogen) atoms. The molecule has 7 heteroatoms. The minimum atomic E-state index is -5.17. The second kappa shape index (κ2) is 18.8. The molecule has 0 radical (unpaired) electrons. The van der Waals surface area contributed by atoms with E-state index in [4.69, 9.17) is 17.5 Å². The summed E-state index contributed by atoms with van der Waals surface area (Å²) in [6, 6.07) is 0. The summed E-state index contributed by atoms with van der Waals surface area (Å²) in [5.41, 5.74) is 0. The van der Waals surface area contributed by atoms with Crippen LogP contribution in [0, 0.1) is 0 Å². The van der Waals surface area contributed by atoms with Crippen molar-refractivity contribution in [3.8, 4) is 0 Å². The van der Waals surface area contributed by atoms with E-state index >= 15 is 0 Å². The van der Waals surface area contributed by atoms with Crippen LogP contribution in [0.5, 0.6) is 0 Å². The van der Waals surface area contributed by atoms with Gasteiger partial charge < -0.3 is 18.1 Å². The van der Waals surface area contributed by atoms with Gasteiger partial charge in [0.15, 0.2) is 0 Å². The molecule has 0 aromatic rings. The largest absolute Gasteiger partial charge is 0.759 e. The van der Waals surface area contributed by atoms with Gasteiger partial charge in [0.05, 0.1) is 52.4 Å². The molecule has 0 bridgehead atoms. The van der Waals surface area contributed by atoms with Crippen molar-refractivity contribution in [1.29, 1.82) is 0 Å². The van der Waals surface area contributed by atoms with Crippen molar-refractivity contribution >= 4 is 10.4 Å². The molecule has 6 nitrogen and oxygen atoms in total. The molecule has 0 aliphatic carbocycles. The van der Waals surface area contributed by atoms with Crippen molar-refractivity contribution in [1.82, 2.24) is 0 Å². The Hall–Kier alpha value is -1.25. The van der Waals surface area contributed by atoms with Crippen LogP contribution in [0.4, 0.5) is 0 Å². The van der Waals surface area contributed by atoms with E-state index in [1.165, 1.54) is 39.3 Å². The van der Waals surface area contributed by atoms with Gasteiger partial charge in [-0.15, -0.1) is 13.2 Å². The highest BCUT2D eigenvalue weighted by Crippen LogP contribution is 2.08. The number of hydrogen-bond acceptors (Lipinski definition) is 4. The summed E-state index contributed by atoms with van der Waals surface area (Å²) in [5.74, 6) is 0. The maximum absolute atomic E-state index is 8.52. The van der Waals surface area contributed by atoms with E-state index < -0.39 is 10.4 Å². The predicted octanol–water partition coefficient (Wildman–Crippen LogP) is 3.87. The van der Waals surface area contributed by atoms with Crippen LogP contribution in [0.2, 0.25) is 0 Å². The zero-order valence-corrected chi connectivity index (χ0v) is 20.0. The standard InChI is InChI=1S/2C11H22N.H2O4S/c2*1-5-9-11-12(7-3,8-4)10-6-2;1-5(2,3)4/h2*5-6H,1-2,7-11H2,3-4H3;(H2,1,2,3,4)/q2*+1;/p-2. The summed E-state index contributed by atoms with van der Waals surface area (Å²) < 4.78 is 36.4. The van der Waals surface area contributed by atoms with Gasteiger partial charge in [-0.2, -0.15) is 0 Å². The Labute approximate surface area is 180 Å². The van der Waals surface area contributed by atoms with Gasteiger partial charge in [0, 0.05) is 23.2 Å². The Balaban J connectivity index is -0.000000380. The van der Waals surface area contributed by atoms with Gasteiger partial charge in [-0.05, 0) is 39.8 Å². The maximum atomic E-state index is 8.52. The molecule has 0 saturated carbocycles. The van der Waals surface area contributed by atoms with Crippen LogP contribution >= 0.6 is 0 Å². The van der Waals surface area contributed by atoms with Gasteiger partial charge in [0.25, 0.3) is 0 Å². The lowest BCUT2D eigenvalue weighted by molar-refractivity contribution is -0.919. The average molecular weight is 433 g/mol. The average Bonchev–Trinajstić information content (AvgIpc) is 2.68. The number of likely N-dealkylation sites (N-methyl/N-ethyl adjacent to an activating group) is 2. The normalized spacial score (nSPS) is 11.2. The number of quaternary nitrogens is 2. The number of nitrogens with zero attached hydrogens (tertiary/aromatic N) is 2. The zero-order valence-electron chi connectivity index (χ0n) is 19.1. The Morgan fingerprint density at radius 2 is 0.897 bits per heavy atom. The van der Waals surface area contributed by atoms with Crippen molar-refractivity contribution in [3.05, 3.63) is 50.6 Å². The molecule has 0 saturated heterocycles. The van der Waals surface area contributed by atoms with Crippen LogP contribution in [-0.2, 0) is 10.4 Å². The molecule has 0 aromatic heterocycles. The second-order valence-corrected chi connectivity index (χ2v) is 7.72. The van der Waals surface area contributed by atoms with E-state index in [1.807, 2.05) is 24.3 Å². The SMILES string of the molecule is C=CCC[N+](CC)(CC)CC=C.C=CCC[N+](CC)(CC)CC=C.O=S(=O)([O-])[O-]. The Morgan fingerprint density at radius 3 is 1.03 bits per heavy atom. The molecule has 0 aliphatic rings. The third-order valence-corrected chi connectivity index (χ3v) is 5.33. The molecule has 172 valence electrons. The molecule has 0 unspecified atom stereocenters. The molecule has 0 aromatic carbocycles. The molecule has 0 fully saturated rings. The zero-order chi connectivity index (χ0) is 23.4. The Bertz CT molecular complexity index is 495. The van der Waals surface area contributed by atoms with Crippen molar-refractivity contribution in [3.63, 3.8) is 0 Å². The van der Waals surface area contributed by atoms with Crippen molar-refractivity contribution in [2.24, 2.45) is 0 Å².